The van der Waals surface area contributed by atoms with Crippen LogP contribution in [0, 0.1) is 17.0 Å². The minimum absolute atomic E-state index is 0.00788. The molecule has 0 radical (unpaired) electrons. The van der Waals surface area contributed by atoms with Gasteiger partial charge in [-0.25, -0.2) is 0 Å². The quantitative estimate of drug-likeness (QED) is 0.592. The number of aliphatic carboxylic acids is 1. The number of carboxylic acids is 1. The summed E-state index contributed by atoms with van der Waals surface area (Å²) in [6, 6.07) is 3.05. The van der Waals surface area contributed by atoms with Crippen LogP contribution in [0.4, 0.5) is 11.4 Å². The second-order valence-corrected chi connectivity index (χ2v) is 5.82. The topological polar surface area (TPSA) is 86.9 Å². The van der Waals surface area contributed by atoms with Crippen LogP contribution in [0.2, 0.25) is 0 Å². The number of carboxylic acid groups (broad SMARTS) is 1. The average molecular weight is 360 g/mol. The number of nitro groups is 1. The van der Waals surface area contributed by atoms with Gasteiger partial charge in [0, 0.05) is 29.2 Å². The van der Waals surface area contributed by atoms with Crippen molar-refractivity contribution in [3.05, 3.63) is 32.3 Å². The number of likely N-dealkylation sites (N-methyl/N-ethyl adjacent to an activating group) is 1. The first-order valence-electron chi connectivity index (χ1n) is 6.28. The first-order chi connectivity index (χ1) is 9.72. The first-order valence-corrected chi connectivity index (χ1v) is 7.07. The van der Waals surface area contributed by atoms with E-state index in [0.29, 0.717) is 28.8 Å². The van der Waals surface area contributed by atoms with Crippen molar-refractivity contribution in [3.63, 3.8) is 0 Å². The van der Waals surface area contributed by atoms with E-state index in [4.69, 9.17) is 5.11 Å². The molecule has 0 unspecified atom stereocenters. The molecule has 0 spiro atoms. The summed E-state index contributed by atoms with van der Waals surface area (Å²) in [6.07, 6.45) is 0. The normalized spacial score (nSPS) is 10.7. The van der Waals surface area contributed by atoms with E-state index in [1.165, 1.54) is 6.07 Å². The summed E-state index contributed by atoms with van der Waals surface area (Å²) in [5.41, 5.74) is 1.15. The third-order valence-electron chi connectivity index (χ3n) is 2.95. The zero-order chi connectivity index (χ0) is 16.2. The average Bonchev–Trinajstić information content (AvgIpc) is 2.36. The van der Waals surface area contributed by atoms with Crippen LogP contribution in [0.15, 0.2) is 16.6 Å². The number of nitrogens with zero attached hydrogens (tertiary/aromatic N) is 3. The molecule has 0 bridgehead atoms. The smallest absolute Gasteiger partial charge is 0.323 e. The number of rotatable bonds is 7. The van der Waals surface area contributed by atoms with Gasteiger partial charge in [-0.1, -0.05) is 0 Å². The van der Waals surface area contributed by atoms with Crippen molar-refractivity contribution in [3.8, 4) is 0 Å². The van der Waals surface area contributed by atoms with Gasteiger partial charge < -0.3 is 14.9 Å². The summed E-state index contributed by atoms with van der Waals surface area (Å²) in [6.45, 7) is 2.66. The van der Waals surface area contributed by atoms with Crippen molar-refractivity contribution >= 4 is 33.3 Å². The number of aryl methyl sites for hydroxylation is 1. The molecule has 1 N–H and O–H groups in total. The van der Waals surface area contributed by atoms with Crippen molar-refractivity contribution in [1.29, 1.82) is 0 Å². The van der Waals surface area contributed by atoms with Gasteiger partial charge >= 0.3 is 5.97 Å². The molecule has 0 saturated carbocycles. The number of benzene rings is 1. The Kier molecular flexibility index (Phi) is 6.10. The second kappa shape index (κ2) is 7.37. The molecule has 0 fully saturated rings. The standard InChI is InChI=1S/C13H18BrN3O4/c1-9-6-12(10(14)7-11(9)17(20)21)16(8-13(18)19)5-4-15(2)3/h6-7H,4-5,8H2,1-3H3,(H,18,19). The maximum Gasteiger partial charge on any atom is 0.323 e. The SMILES string of the molecule is Cc1cc(N(CCN(C)C)CC(=O)O)c(Br)cc1[N+](=O)[O-]. The predicted molar refractivity (Wildman–Crippen MR) is 83.9 cm³/mol. The van der Waals surface area contributed by atoms with Gasteiger partial charge in [-0.15, -0.1) is 0 Å². The number of anilines is 1. The molecule has 0 aliphatic carbocycles. The van der Waals surface area contributed by atoms with Gasteiger partial charge in [0.15, 0.2) is 0 Å². The van der Waals surface area contributed by atoms with E-state index in [1.54, 1.807) is 17.9 Å². The van der Waals surface area contributed by atoms with Crippen molar-refractivity contribution < 1.29 is 14.8 Å². The lowest BCUT2D eigenvalue weighted by atomic mass is 10.1. The fourth-order valence-corrected chi connectivity index (χ4v) is 2.45. The van der Waals surface area contributed by atoms with Crippen LogP contribution in [0.25, 0.3) is 0 Å². The number of carbonyl (C=O) groups is 1. The Balaban J connectivity index is 3.14. The summed E-state index contributed by atoms with van der Waals surface area (Å²) in [5, 5.41) is 20.0. The van der Waals surface area contributed by atoms with E-state index in [2.05, 4.69) is 15.9 Å². The number of hydrogen-bond acceptors (Lipinski definition) is 5. The van der Waals surface area contributed by atoms with Crippen LogP contribution < -0.4 is 4.90 Å². The molecule has 0 aliphatic rings. The Morgan fingerprint density at radius 3 is 2.48 bits per heavy atom. The zero-order valence-electron chi connectivity index (χ0n) is 12.2. The summed E-state index contributed by atoms with van der Waals surface area (Å²) in [5.74, 6) is -0.948. The maximum absolute atomic E-state index is 11.0. The van der Waals surface area contributed by atoms with Crippen LogP contribution in [0.5, 0.6) is 0 Å². The second-order valence-electron chi connectivity index (χ2n) is 4.97. The van der Waals surface area contributed by atoms with Crippen LogP contribution in [-0.2, 0) is 4.79 Å². The highest BCUT2D eigenvalue weighted by molar-refractivity contribution is 9.10. The van der Waals surface area contributed by atoms with E-state index in [9.17, 15) is 14.9 Å². The predicted octanol–water partition coefficient (Wildman–Crippen LogP) is 2.12. The van der Waals surface area contributed by atoms with Crippen molar-refractivity contribution in [2.75, 3.05) is 38.6 Å². The van der Waals surface area contributed by atoms with Gasteiger partial charge in [0.2, 0.25) is 0 Å². The summed E-state index contributed by atoms with van der Waals surface area (Å²) < 4.78 is 0.514. The molecule has 1 aromatic carbocycles. The van der Waals surface area contributed by atoms with E-state index in [-0.39, 0.29) is 12.2 Å². The number of halogens is 1. The van der Waals surface area contributed by atoms with Crippen molar-refractivity contribution in [2.24, 2.45) is 0 Å². The number of hydrogen-bond donors (Lipinski definition) is 1. The maximum atomic E-state index is 11.0. The molecule has 0 amide bonds. The fourth-order valence-electron chi connectivity index (χ4n) is 1.86. The zero-order valence-corrected chi connectivity index (χ0v) is 13.8. The van der Waals surface area contributed by atoms with Crippen LogP contribution >= 0.6 is 15.9 Å². The molecule has 1 rings (SSSR count). The third-order valence-corrected chi connectivity index (χ3v) is 3.58. The van der Waals surface area contributed by atoms with Crippen LogP contribution in [-0.4, -0.2) is 54.6 Å². The molecule has 0 aromatic heterocycles. The lowest BCUT2D eigenvalue weighted by Crippen LogP contribution is -2.35. The highest BCUT2D eigenvalue weighted by atomic mass is 79.9. The molecule has 21 heavy (non-hydrogen) atoms. The lowest BCUT2D eigenvalue weighted by molar-refractivity contribution is -0.385. The van der Waals surface area contributed by atoms with E-state index < -0.39 is 10.9 Å². The molecule has 0 aliphatic heterocycles. The van der Waals surface area contributed by atoms with Gasteiger partial charge in [-0.2, -0.15) is 0 Å². The lowest BCUT2D eigenvalue weighted by Gasteiger charge is -2.26. The van der Waals surface area contributed by atoms with Gasteiger partial charge in [0.05, 0.1) is 10.6 Å². The van der Waals surface area contributed by atoms with E-state index >= 15 is 0 Å². The highest BCUT2D eigenvalue weighted by Crippen LogP contribution is 2.33. The number of nitro benzene ring substituents is 1. The van der Waals surface area contributed by atoms with Crippen LogP contribution in [0.3, 0.4) is 0 Å². The molecule has 0 atom stereocenters. The molecule has 8 heteroatoms. The minimum atomic E-state index is -0.948. The molecular weight excluding hydrogens is 342 g/mol. The highest BCUT2D eigenvalue weighted by Gasteiger charge is 2.19. The Labute approximate surface area is 131 Å². The third kappa shape index (κ3) is 4.98. The molecule has 1 aromatic rings. The molecule has 7 nitrogen and oxygen atoms in total. The van der Waals surface area contributed by atoms with Gasteiger partial charge in [0.25, 0.3) is 5.69 Å². The van der Waals surface area contributed by atoms with Gasteiger partial charge in [-0.3, -0.25) is 14.9 Å². The Bertz CT molecular complexity index is 548. The molecular formula is C13H18BrN3O4. The molecule has 0 saturated heterocycles. The minimum Gasteiger partial charge on any atom is -0.480 e. The summed E-state index contributed by atoms with van der Waals surface area (Å²) in [4.78, 5) is 25.1. The molecule has 0 heterocycles. The van der Waals surface area contributed by atoms with Crippen molar-refractivity contribution in [1.82, 2.24) is 4.90 Å². The summed E-state index contributed by atoms with van der Waals surface area (Å²) >= 11 is 3.29. The monoisotopic (exact) mass is 359 g/mol. The van der Waals surface area contributed by atoms with E-state index in [1.807, 2.05) is 19.0 Å². The van der Waals surface area contributed by atoms with E-state index in [0.717, 1.165) is 0 Å². The first kappa shape index (κ1) is 17.4. The Morgan fingerprint density at radius 1 is 1.38 bits per heavy atom. The van der Waals surface area contributed by atoms with Crippen LogP contribution in [0.1, 0.15) is 5.56 Å². The van der Waals surface area contributed by atoms with Crippen molar-refractivity contribution in [2.45, 2.75) is 6.92 Å². The fraction of sp³-hybridized carbons (Fsp3) is 0.462. The Morgan fingerprint density at radius 2 is 2.00 bits per heavy atom. The Hall–Kier alpha value is -1.67. The summed E-state index contributed by atoms with van der Waals surface area (Å²) in [7, 11) is 3.80. The molecule has 116 valence electrons. The van der Waals surface area contributed by atoms with Gasteiger partial charge in [0.1, 0.15) is 6.54 Å². The van der Waals surface area contributed by atoms with Gasteiger partial charge in [-0.05, 0) is 43.0 Å². The largest absolute Gasteiger partial charge is 0.480 e.